The van der Waals surface area contributed by atoms with E-state index in [2.05, 4.69) is 26.1 Å². The van der Waals surface area contributed by atoms with E-state index in [0.29, 0.717) is 0 Å². The Labute approximate surface area is 103 Å². The third-order valence-electron chi connectivity index (χ3n) is 2.04. The van der Waals surface area contributed by atoms with Gasteiger partial charge in [-0.25, -0.2) is 8.78 Å². The van der Waals surface area contributed by atoms with Crippen LogP contribution in [0.25, 0.3) is 11.5 Å². The van der Waals surface area contributed by atoms with Gasteiger partial charge in [0.05, 0.1) is 0 Å². The monoisotopic (exact) mass is 304 g/mol. The third kappa shape index (κ3) is 2.34. The molecule has 1 N–H and O–H groups in total. The molecule has 0 saturated carbocycles. The van der Waals surface area contributed by atoms with Crippen molar-refractivity contribution >= 4 is 15.9 Å². The van der Waals surface area contributed by atoms with Crippen molar-refractivity contribution in [3.63, 3.8) is 0 Å². The molecule has 0 aliphatic rings. The Bertz CT molecular complexity index is 534. The normalized spacial score (nSPS) is 12.8. The van der Waals surface area contributed by atoms with Gasteiger partial charge >= 0.3 is 0 Å². The Balaban J connectivity index is 2.52. The molecule has 1 heterocycles. The fourth-order valence-electron chi connectivity index (χ4n) is 1.25. The van der Waals surface area contributed by atoms with Gasteiger partial charge in [0.25, 0.3) is 5.89 Å². The number of aromatic nitrogens is 2. The van der Waals surface area contributed by atoms with E-state index in [1.807, 2.05) is 0 Å². The predicted octanol–water partition coefficient (Wildman–Crippen LogP) is 2.83. The first-order valence-electron chi connectivity index (χ1n) is 4.65. The number of hydrogen-bond donors (Lipinski definition) is 1. The molecule has 17 heavy (non-hydrogen) atoms. The summed E-state index contributed by atoms with van der Waals surface area (Å²) in [6.45, 7) is 1.42. The lowest BCUT2D eigenvalue weighted by Gasteiger charge is -2.00. The van der Waals surface area contributed by atoms with Gasteiger partial charge in [0.2, 0.25) is 0 Å². The van der Waals surface area contributed by atoms with Gasteiger partial charge in [-0.2, -0.15) is 4.98 Å². The topological polar surface area (TPSA) is 59.2 Å². The molecule has 1 aromatic heterocycles. The molecule has 1 atom stereocenters. The standard InChI is InChI=1S/C10H7BrF2N2O2/c1-4(16)9-14-10(17-15-9)8-6(12)2-5(11)3-7(8)13/h2-4,16H,1H3. The minimum Gasteiger partial charge on any atom is -0.385 e. The van der Waals surface area contributed by atoms with Crippen LogP contribution in [0.2, 0.25) is 0 Å². The molecule has 0 aliphatic carbocycles. The third-order valence-corrected chi connectivity index (χ3v) is 2.49. The molecule has 1 aromatic carbocycles. The average Bonchev–Trinajstić information content (AvgIpc) is 2.65. The van der Waals surface area contributed by atoms with Crippen LogP contribution in [0.3, 0.4) is 0 Å². The summed E-state index contributed by atoms with van der Waals surface area (Å²) in [5.74, 6) is -1.97. The molecule has 0 aliphatic heterocycles. The van der Waals surface area contributed by atoms with Crippen molar-refractivity contribution in [3.8, 4) is 11.5 Å². The molecule has 0 fully saturated rings. The molecule has 2 aromatic rings. The average molecular weight is 305 g/mol. The second-order valence-electron chi connectivity index (χ2n) is 3.38. The molecule has 0 spiro atoms. The summed E-state index contributed by atoms with van der Waals surface area (Å²) in [5.41, 5.74) is -0.410. The molecule has 0 amide bonds. The van der Waals surface area contributed by atoms with E-state index in [0.717, 1.165) is 12.1 Å². The van der Waals surface area contributed by atoms with Crippen molar-refractivity contribution in [3.05, 3.63) is 34.1 Å². The first-order valence-corrected chi connectivity index (χ1v) is 5.45. The van der Waals surface area contributed by atoms with Crippen molar-refractivity contribution in [2.75, 3.05) is 0 Å². The summed E-state index contributed by atoms with van der Waals surface area (Å²) in [4.78, 5) is 3.71. The molecular formula is C10H7BrF2N2O2. The van der Waals surface area contributed by atoms with E-state index in [1.54, 1.807) is 0 Å². The van der Waals surface area contributed by atoms with Crippen LogP contribution < -0.4 is 0 Å². The van der Waals surface area contributed by atoms with E-state index in [4.69, 9.17) is 4.52 Å². The van der Waals surface area contributed by atoms with Gasteiger partial charge < -0.3 is 9.63 Å². The SMILES string of the molecule is CC(O)c1noc(-c2c(F)cc(Br)cc2F)n1. The van der Waals surface area contributed by atoms with Gasteiger partial charge in [0.1, 0.15) is 23.3 Å². The molecule has 7 heteroatoms. The zero-order chi connectivity index (χ0) is 12.6. The number of aliphatic hydroxyl groups excluding tert-OH is 1. The maximum atomic E-state index is 13.5. The number of rotatable bonds is 2. The van der Waals surface area contributed by atoms with Gasteiger partial charge in [-0.1, -0.05) is 21.1 Å². The van der Waals surface area contributed by atoms with Gasteiger partial charge in [0, 0.05) is 4.47 Å². The highest BCUT2D eigenvalue weighted by atomic mass is 79.9. The number of benzene rings is 1. The van der Waals surface area contributed by atoms with Crippen molar-refractivity contribution < 1.29 is 18.4 Å². The highest BCUT2D eigenvalue weighted by Crippen LogP contribution is 2.28. The van der Waals surface area contributed by atoms with Crippen LogP contribution in [0.5, 0.6) is 0 Å². The van der Waals surface area contributed by atoms with Crippen LogP contribution >= 0.6 is 15.9 Å². The van der Waals surface area contributed by atoms with E-state index in [-0.39, 0.29) is 16.2 Å². The van der Waals surface area contributed by atoms with Crippen molar-refractivity contribution in [2.24, 2.45) is 0 Å². The fraction of sp³-hybridized carbons (Fsp3) is 0.200. The minimum absolute atomic E-state index is 0.0262. The lowest BCUT2D eigenvalue weighted by Crippen LogP contribution is -1.94. The summed E-state index contributed by atoms with van der Waals surface area (Å²) in [5, 5.41) is 12.6. The summed E-state index contributed by atoms with van der Waals surface area (Å²) in [6, 6.07) is 2.18. The Morgan fingerprint density at radius 2 is 1.94 bits per heavy atom. The van der Waals surface area contributed by atoms with E-state index in [1.165, 1.54) is 6.92 Å². The maximum absolute atomic E-state index is 13.5. The second kappa shape index (κ2) is 4.50. The summed E-state index contributed by atoms with van der Waals surface area (Å²) < 4.78 is 32.1. The zero-order valence-corrected chi connectivity index (χ0v) is 10.2. The Kier molecular flexibility index (Phi) is 3.21. The molecule has 0 bridgehead atoms. The highest BCUT2D eigenvalue weighted by molar-refractivity contribution is 9.10. The fourth-order valence-corrected chi connectivity index (χ4v) is 1.65. The summed E-state index contributed by atoms with van der Waals surface area (Å²) in [6.07, 6.45) is -0.964. The molecule has 0 radical (unpaired) electrons. The van der Waals surface area contributed by atoms with Crippen LogP contribution in [-0.4, -0.2) is 15.2 Å². The van der Waals surface area contributed by atoms with E-state index in [9.17, 15) is 13.9 Å². The first kappa shape index (κ1) is 12.1. The van der Waals surface area contributed by atoms with Gasteiger partial charge in [-0.3, -0.25) is 0 Å². The number of nitrogens with zero attached hydrogens (tertiary/aromatic N) is 2. The van der Waals surface area contributed by atoms with Crippen LogP contribution in [0, 0.1) is 11.6 Å². The Hall–Kier alpha value is -1.34. The van der Waals surface area contributed by atoms with Crippen molar-refractivity contribution in [2.45, 2.75) is 13.0 Å². The van der Waals surface area contributed by atoms with Gasteiger partial charge in [-0.15, -0.1) is 0 Å². The molecule has 2 rings (SSSR count). The Morgan fingerprint density at radius 3 is 2.41 bits per heavy atom. The van der Waals surface area contributed by atoms with Gasteiger partial charge in [0.15, 0.2) is 5.82 Å². The minimum atomic E-state index is -0.964. The highest BCUT2D eigenvalue weighted by Gasteiger charge is 2.20. The van der Waals surface area contributed by atoms with E-state index >= 15 is 0 Å². The second-order valence-corrected chi connectivity index (χ2v) is 4.29. The quantitative estimate of drug-likeness (QED) is 0.927. The molecule has 90 valence electrons. The lowest BCUT2D eigenvalue weighted by atomic mass is 10.2. The number of halogens is 3. The zero-order valence-electron chi connectivity index (χ0n) is 8.62. The van der Waals surface area contributed by atoms with Crippen LogP contribution in [-0.2, 0) is 0 Å². The lowest BCUT2D eigenvalue weighted by molar-refractivity contribution is 0.184. The van der Waals surface area contributed by atoms with Crippen molar-refractivity contribution in [1.29, 1.82) is 0 Å². The maximum Gasteiger partial charge on any atom is 0.263 e. The smallest absolute Gasteiger partial charge is 0.263 e. The first-order chi connectivity index (χ1) is 7.99. The van der Waals surface area contributed by atoms with E-state index < -0.39 is 23.3 Å². The van der Waals surface area contributed by atoms with Crippen LogP contribution in [0.1, 0.15) is 18.9 Å². The van der Waals surface area contributed by atoms with Crippen LogP contribution in [0.15, 0.2) is 21.1 Å². The molecule has 1 unspecified atom stereocenters. The van der Waals surface area contributed by atoms with Gasteiger partial charge in [-0.05, 0) is 19.1 Å². The molecule has 4 nitrogen and oxygen atoms in total. The van der Waals surface area contributed by atoms with Crippen molar-refractivity contribution in [1.82, 2.24) is 10.1 Å². The molecule has 0 saturated heterocycles. The number of aliphatic hydroxyl groups is 1. The largest absolute Gasteiger partial charge is 0.385 e. The summed E-state index contributed by atoms with van der Waals surface area (Å²) in [7, 11) is 0. The Morgan fingerprint density at radius 1 is 1.35 bits per heavy atom. The molecular weight excluding hydrogens is 298 g/mol. The number of hydrogen-bond acceptors (Lipinski definition) is 4. The summed E-state index contributed by atoms with van der Waals surface area (Å²) >= 11 is 2.96. The predicted molar refractivity (Wildman–Crippen MR) is 58.0 cm³/mol. The van der Waals surface area contributed by atoms with Crippen LogP contribution in [0.4, 0.5) is 8.78 Å².